The molecule has 0 bridgehead atoms. The van der Waals surface area contributed by atoms with Gasteiger partial charge in [-0.2, -0.15) is 0 Å². The summed E-state index contributed by atoms with van der Waals surface area (Å²) in [6.45, 7) is 3.83. The minimum absolute atomic E-state index is 0.260. The Hall–Kier alpha value is -2.51. The molecule has 0 unspecified atom stereocenters. The van der Waals surface area contributed by atoms with Gasteiger partial charge in [-0.15, -0.1) is 11.8 Å². The molecular formula is C22H23ClN4O2S. The normalized spacial score (nSPS) is 14.0. The topological polar surface area (TPSA) is 71.3 Å². The summed E-state index contributed by atoms with van der Waals surface area (Å²) in [6.07, 6.45) is 7.08. The van der Waals surface area contributed by atoms with E-state index in [1.165, 1.54) is 31.0 Å². The number of hydrogen-bond acceptors (Lipinski definition) is 6. The second-order valence-electron chi connectivity index (χ2n) is 7.16. The van der Waals surface area contributed by atoms with Crippen molar-refractivity contribution in [3.63, 3.8) is 0 Å². The Morgan fingerprint density at radius 1 is 1.20 bits per heavy atom. The molecule has 30 heavy (non-hydrogen) atoms. The molecule has 1 saturated heterocycles. The van der Waals surface area contributed by atoms with Crippen molar-refractivity contribution in [3.05, 3.63) is 52.9 Å². The molecule has 156 valence electrons. The third-order valence-corrected chi connectivity index (χ3v) is 6.11. The highest BCUT2D eigenvalue weighted by Gasteiger charge is 2.21. The number of aromatic nitrogens is 2. The number of rotatable bonds is 5. The summed E-state index contributed by atoms with van der Waals surface area (Å²) >= 11 is 7.93. The minimum Gasteiger partial charge on any atom is -0.461 e. The molecule has 2 aromatic heterocycles. The molecule has 6 nitrogen and oxygen atoms in total. The van der Waals surface area contributed by atoms with Gasteiger partial charge in [0.1, 0.15) is 5.03 Å². The van der Waals surface area contributed by atoms with E-state index < -0.39 is 0 Å². The first-order valence-corrected chi connectivity index (χ1v) is 11.5. The molecule has 4 rings (SSSR count). The highest BCUT2D eigenvalue weighted by atomic mass is 35.5. The number of hydrogen-bond donors (Lipinski definition) is 1. The van der Waals surface area contributed by atoms with Gasteiger partial charge >= 0.3 is 0 Å². The molecular weight excluding hydrogens is 420 g/mol. The van der Waals surface area contributed by atoms with E-state index in [0.717, 1.165) is 18.8 Å². The fourth-order valence-electron chi connectivity index (χ4n) is 3.64. The van der Waals surface area contributed by atoms with Crippen molar-refractivity contribution in [3.8, 4) is 11.6 Å². The van der Waals surface area contributed by atoms with Crippen molar-refractivity contribution in [1.82, 2.24) is 9.97 Å². The van der Waals surface area contributed by atoms with Crippen LogP contribution < -0.4 is 10.2 Å². The van der Waals surface area contributed by atoms with Crippen LogP contribution in [-0.2, 0) is 0 Å². The van der Waals surface area contributed by atoms with Gasteiger partial charge in [-0.3, -0.25) is 4.79 Å². The molecule has 3 heterocycles. The van der Waals surface area contributed by atoms with Crippen LogP contribution in [0.2, 0.25) is 5.02 Å². The SMILES string of the molecule is CSc1nc(-c2ccco2)nc(C)c1C(=O)Nc1ccc(N2CCCCC2)c(Cl)c1. The lowest BCUT2D eigenvalue weighted by atomic mass is 10.1. The van der Waals surface area contributed by atoms with Crippen molar-refractivity contribution >= 4 is 40.6 Å². The van der Waals surface area contributed by atoms with Crippen molar-refractivity contribution in [2.75, 3.05) is 29.6 Å². The van der Waals surface area contributed by atoms with Gasteiger partial charge in [0.05, 0.1) is 28.2 Å². The first-order valence-electron chi connectivity index (χ1n) is 9.89. The van der Waals surface area contributed by atoms with Gasteiger partial charge in [-0.05, 0) is 62.8 Å². The number of carbonyl (C=O) groups is 1. The maximum atomic E-state index is 13.0. The molecule has 0 aliphatic carbocycles. The van der Waals surface area contributed by atoms with E-state index in [2.05, 4.69) is 20.2 Å². The summed E-state index contributed by atoms with van der Waals surface area (Å²) in [5, 5.41) is 4.18. The van der Waals surface area contributed by atoms with Gasteiger partial charge in [-0.25, -0.2) is 9.97 Å². The number of furan rings is 1. The zero-order valence-electron chi connectivity index (χ0n) is 16.9. The molecule has 0 spiro atoms. The maximum Gasteiger partial charge on any atom is 0.260 e. The van der Waals surface area contributed by atoms with Gasteiger partial charge in [0.25, 0.3) is 5.91 Å². The standard InChI is InChI=1S/C22H23ClN4O2S/c1-14-19(22(30-2)26-20(24-14)18-7-6-12-29-18)21(28)25-15-8-9-17(16(23)13-15)27-10-4-3-5-11-27/h6-9,12-13H,3-5,10-11H2,1-2H3,(H,25,28). The van der Waals surface area contributed by atoms with E-state index in [0.29, 0.717) is 38.6 Å². The van der Waals surface area contributed by atoms with E-state index >= 15 is 0 Å². The number of thioether (sulfide) groups is 1. The molecule has 0 radical (unpaired) electrons. The molecule has 1 aliphatic rings. The van der Waals surface area contributed by atoms with E-state index in [1.54, 1.807) is 31.4 Å². The summed E-state index contributed by atoms with van der Waals surface area (Å²) in [5.74, 6) is 0.775. The molecule has 1 fully saturated rings. The van der Waals surface area contributed by atoms with E-state index in [1.807, 2.05) is 18.4 Å². The second kappa shape index (κ2) is 9.10. The highest BCUT2D eigenvalue weighted by molar-refractivity contribution is 7.98. The number of carbonyl (C=O) groups excluding carboxylic acids is 1. The first kappa shape index (κ1) is 20.8. The minimum atomic E-state index is -0.260. The molecule has 1 aliphatic heterocycles. The number of benzene rings is 1. The summed E-state index contributed by atoms with van der Waals surface area (Å²) in [5.41, 5.74) is 2.71. The number of nitrogens with one attached hydrogen (secondary N) is 1. The van der Waals surface area contributed by atoms with Crippen molar-refractivity contribution in [2.45, 2.75) is 31.2 Å². The van der Waals surface area contributed by atoms with Crippen molar-refractivity contribution < 1.29 is 9.21 Å². The fourth-order valence-corrected chi connectivity index (χ4v) is 4.56. The van der Waals surface area contributed by atoms with Crippen LogP contribution in [0.5, 0.6) is 0 Å². The Morgan fingerprint density at radius 2 is 2.00 bits per heavy atom. The van der Waals surface area contributed by atoms with Crippen LogP contribution in [0.25, 0.3) is 11.6 Å². The molecule has 0 saturated carbocycles. The largest absolute Gasteiger partial charge is 0.461 e. The Bertz CT molecular complexity index is 1050. The van der Waals surface area contributed by atoms with Gasteiger partial charge < -0.3 is 14.6 Å². The number of amides is 1. The number of aryl methyl sites for hydroxylation is 1. The zero-order chi connectivity index (χ0) is 21.1. The summed E-state index contributed by atoms with van der Waals surface area (Å²) < 4.78 is 5.39. The smallest absolute Gasteiger partial charge is 0.260 e. The third-order valence-electron chi connectivity index (χ3n) is 5.12. The molecule has 8 heteroatoms. The Morgan fingerprint density at radius 3 is 2.67 bits per heavy atom. The van der Waals surface area contributed by atoms with Crippen LogP contribution >= 0.6 is 23.4 Å². The number of nitrogens with zero attached hydrogens (tertiary/aromatic N) is 3. The predicted molar refractivity (Wildman–Crippen MR) is 122 cm³/mol. The monoisotopic (exact) mass is 442 g/mol. The van der Waals surface area contributed by atoms with Crippen molar-refractivity contribution in [1.29, 1.82) is 0 Å². The second-order valence-corrected chi connectivity index (χ2v) is 8.36. The summed E-state index contributed by atoms with van der Waals surface area (Å²) in [6, 6.07) is 9.24. The third kappa shape index (κ3) is 4.32. The fraction of sp³-hybridized carbons (Fsp3) is 0.318. The van der Waals surface area contributed by atoms with Crippen LogP contribution in [0.3, 0.4) is 0 Å². The highest BCUT2D eigenvalue weighted by Crippen LogP contribution is 2.32. The van der Waals surface area contributed by atoms with Gasteiger partial charge in [0, 0.05) is 18.8 Å². The van der Waals surface area contributed by atoms with E-state index in [4.69, 9.17) is 16.0 Å². The van der Waals surface area contributed by atoms with Gasteiger partial charge in [0.15, 0.2) is 11.6 Å². The van der Waals surface area contributed by atoms with Gasteiger partial charge in [-0.1, -0.05) is 11.6 Å². The first-order chi connectivity index (χ1) is 14.6. The van der Waals surface area contributed by atoms with E-state index in [-0.39, 0.29) is 5.91 Å². The number of piperidine rings is 1. The van der Waals surface area contributed by atoms with Crippen LogP contribution in [-0.4, -0.2) is 35.2 Å². The average molecular weight is 443 g/mol. The Labute approximate surface area is 185 Å². The lowest BCUT2D eigenvalue weighted by Gasteiger charge is -2.29. The quantitative estimate of drug-likeness (QED) is 0.406. The molecule has 1 amide bonds. The molecule has 3 aromatic rings. The Balaban J connectivity index is 1.57. The van der Waals surface area contributed by atoms with Crippen LogP contribution in [0.1, 0.15) is 35.3 Å². The summed E-state index contributed by atoms with van der Waals surface area (Å²) in [4.78, 5) is 24.3. The van der Waals surface area contributed by atoms with Crippen LogP contribution in [0, 0.1) is 6.92 Å². The molecule has 0 atom stereocenters. The number of anilines is 2. The predicted octanol–water partition coefficient (Wildman–Crippen LogP) is 5.66. The lowest BCUT2D eigenvalue weighted by Crippen LogP contribution is -2.29. The van der Waals surface area contributed by atoms with Gasteiger partial charge in [0.2, 0.25) is 0 Å². The molecule has 1 N–H and O–H groups in total. The van der Waals surface area contributed by atoms with Crippen LogP contribution in [0.4, 0.5) is 11.4 Å². The maximum absolute atomic E-state index is 13.0. The molecule has 1 aromatic carbocycles. The average Bonchev–Trinajstić information content (AvgIpc) is 3.28. The zero-order valence-corrected chi connectivity index (χ0v) is 18.5. The summed E-state index contributed by atoms with van der Waals surface area (Å²) in [7, 11) is 0. The lowest BCUT2D eigenvalue weighted by molar-refractivity contribution is 0.102. The Kier molecular flexibility index (Phi) is 6.29. The van der Waals surface area contributed by atoms with Crippen molar-refractivity contribution in [2.24, 2.45) is 0 Å². The van der Waals surface area contributed by atoms with E-state index in [9.17, 15) is 4.79 Å². The number of halogens is 1. The van der Waals surface area contributed by atoms with Crippen LogP contribution in [0.15, 0.2) is 46.0 Å².